The Bertz CT molecular complexity index is 407. The summed E-state index contributed by atoms with van der Waals surface area (Å²) in [6.07, 6.45) is 0. The average Bonchev–Trinajstić information content (AvgIpc) is 2.38. The summed E-state index contributed by atoms with van der Waals surface area (Å²) < 4.78 is 5.41. The molecule has 0 aromatic heterocycles. The Morgan fingerprint density at radius 3 is 2.37 bits per heavy atom. The highest BCUT2D eigenvalue weighted by molar-refractivity contribution is 5.58. The monoisotopic (exact) mass is 264 g/mol. The number of ether oxygens (including phenoxy) is 1. The van der Waals surface area contributed by atoms with Gasteiger partial charge < -0.3 is 14.7 Å². The molecule has 1 aromatic rings. The van der Waals surface area contributed by atoms with Crippen LogP contribution in [0.4, 0.5) is 5.69 Å². The van der Waals surface area contributed by atoms with Crippen molar-refractivity contribution in [2.45, 2.75) is 19.4 Å². The Balaban J connectivity index is 1.96. The van der Waals surface area contributed by atoms with Gasteiger partial charge in [-0.2, -0.15) is 0 Å². The number of rotatable bonds is 4. The normalized spacial score (nSPS) is 17.6. The molecule has 0 saturated carbocycles. The molecule has 2 rings (SSSR count). The van der Waals surface area contributed by atoms with E-state index in [9.17, 15) is 5.11 Å². The number of hydrogen-bond acceptors (Lipinski definition) is 4. The molecule has 0 bridgehead atoms. The van der Waals surface area contributed by atoms with Crippen LogP contribution in [0.2, 0.25) is 0 Å². The summed E-state index contributed by atoms with van der Waals surface area (Å²) in [5, 5.41) is 9.86. The molecule has 0 aliphatic carbocycles. The summed E-state index contributed by atoms with van der Waals surface area (Å²) in [6, 6.07) is 8.14. The number of aliphatic hydroxyl groups is 1. The Morgan fingerprint density at radius 1 is 1.16 bits per heavy atom. The molecule has 1 N–H and O–H groups in total. The smallest absolute Gasteiger partial charge is 0.142 e. The van der Waals surface area contributed by atoms with Crippen molar-refractivity contribution in [2.24, 2.45) is 0 Å². The highest BCUT2D eigenvalue weighted by Gasteiger charge is 2.23. The summed E-state index contributed by atoms with van der Waals surface area (Å²) in [4.78, 5) is 4.66. The molecule has 1 fully saturated rings. The fraction of sp³-hybridized carbons (Fsp3) is 0.600. The molecule has 0 radical (unpaired) electrons. The molecule has 0 atom stereocenters. The number of piperazine rings is 1. The number of benzene rings is 1. The van der Waals surface area contributed by atoms with E-state index >= 15 is 0 Å². The Hall–Kier alpha value is -1.26. The van der Waals surface area contributed by atoms with E-state index in [1.807, 2.05) is 32.0 Å². The quantitative estimate of drug-likeness (QED) is 0.896. The summed E-state index contributed by atoms with van der Waals surface area (Å²) >= 11 is 0. The summed E-state index contributed by atoms with van der Waals surface area (Å²) in [5.74, 6) is 0.929. The zero-order chi connectivity index (χ0) is 13.9. The number of β-amino-alcohol motifs (C(OH)–C–C–N with tert-alkyl or cyclic N) is 1. The number of anilines is 1. The van der Waals surface area contributed by atoms with Crippen LogP contribution in [0.15, 0.2) is 24.3 Å². The lowest BCUT2D eigenvalue weighted by Crippen LogP contribution is -2.50. The third-order valence-corrected chi connectivity index (χ3v) is 3.41. The van der Waals surface area contributed by atoms with Crippen LogP contribution in [-0.4, -0.2) is 55.4 Å². The largest absolute Gasteiger partial charge is 0.495 e. The Morgan fingerprint density at radius 2 is 1.79 bits per heavy atom. The van der Waals surface area contributed by atoms with Crippen molar-refractivity contribution in [3.05, 3.63) is 24.3 Å². The Labute approximate surface area is 115 Å². The lowest BCUT2D eigenvalue weighted by atomic mass is 10.1. The van der Waals surface area contributed by atoms with Gasteiger partial charge in [0.2, 0.25) is 0 Å². The van der Waals surface area contributed by atoms with E-state index in [-0.39, 0.29) is 0 Å². The van der Waals surface area contributed by atoms with Gasteiger partial charge in [-0.15, -0.1) is 0 Å². The van der Waals surface area contributed by atoms with Crippen LogP contribution >= 0.6 is 0 Å². The molecule has 106 valence electrons. The molecule has 0 unspecified atom stereocenters. The summed E-state index contributed by atoms with van der Waals surface area (Å²) in [7, 11) is 1.71. The first-order chi connectivity index (χ1) is 8.99. The van der Waals surface area contributed by atoms with E-state index in [4.69, 9.17) is 4.74 Å². The van der Waals surface area contributed by atoms with E-state index < -0.39 is 5.60 Å². The van der Waals surface area contributed by atoms with E-state index in [1.54, 1.807) is 7.11 Å². The van der Waals surface area contributed by atoms with Gasteiger partial charge in [0.05, 0.1) is 18.4 Å². The van der Waals surface area contributed by atoms with E-state index in [0.29, 0.717) is 0 Å². The van der Waals surface area contributed by atoms with Crippen molar-refractivity contribution in [1.29, 1.82) is 0 Å². The molecule has 0 amide bonds. The van der Waals surface area contributed by atoms with Gasteiger partial charge in [0.25, 0.3) is 0 Å². The molecular weight excluding hydrogens is 240 g/mol. The minimum absolute atomic E-state index is 0.618. The van der Waals surface area contributed by atoms with Crippen molar-refractivity contribution in [3.63, 3.8) is 0 Å². The van der Waals surface area contributed by atoms with Crippen molar-refractivity contribution < 1.29 is 9.84 Å². The SMILES string of the molecule is COc1ccccc1N1CCN(CC(C)(C)O)CC1. The number of para-hydroxylation sites is 2. The average molecular weight is 264 g/mol. The maximum Gasteiger partial charge on any atom is 0.142 e. The van der Waals surface area contributed by atoms with Crippen LogP contribution in [0.5, 0.6) is 5.75 Å². The minimum atomic E-state index is -0.618. The second-order valence-electron chi connectivity index (χ2n) is 5.75. The van der Waals surface area contributed by atoms with Crippen LogP contribution in [-0.2, 0) is 0 Å². The standard InChI is InChI=1S/C15H24N2O2/c1-15(2,18)12-16-8-10-17(11-9-16)13-6-4-5-7-14(13)19-3/h4-7,18H,8-12H2,1-3H3. The molecule has 1 heterocycles. The molecule has 1 aliphatic rings. The molecule has 19 heavy (non-hydrogen) atoms. The highest BCUT2D eigenvalue weighted by Crippen LogP contribution is 2.28. The van der Waals surface area contributed by atoms with Crippen LogP contribution < -0.4 is 9.64 Å². The predicted octanol–water partition coefficient (Wildman–Crippen LogP) is 1.59. The zero-order valence-electron chi connectivity index (χ0n) is 12.1. The topological polar surface area (TPSA) is 35.9 Å². The van der Waals surface area contributed by atoms with Gasteiger partial charge in [-0.25, -0.2) is 0 Å². The molecule has 4 nitrogen and oxygen atoms in total. The first kappa shape index (κ1) is 14.2. The van der Waals surface area contributed by atoms with Crippen molar-refractivity contribution in [1.82, 2.24) is 4.90 Å². The Kier molecular flexibility index (Phi) is 4.32. The van der Waals surface area contributed by atoms with Crippen LogP contribution in [0.3, 0.4) is 0 Å². The molecule has 1 saturated heterocycles. The molecule has 1 aromatic carbocycles. The van der Waals surface area contributed by atoms with Gasteiger partial charge in [0, 0.05) is 32.7 Å². The predicted molar refractivity (Wildman–Crippen MR) is 77.9 cm³/mol. The van der Waals surface area contributed by atoms with Gasteiger partial charge in [-0.1, -0.05) is 12.1 Å². The third kappa shape index (κ3) is 3.85. The first-order valence-corrected chi connectivity index (χ1v) is 6.82. The number of methoxy groups -OCH3 is 1. The number of nitrogens with zero attached hydrogens (tertiary/aromatic N) is 2. The van der Waals surface area contributed by atoms with E-state index in [2.05, 4.69) is 15.9 Å². The minimum Gasteiger partial charge on any atom is -0.495 e. The van der Waals surface area contributed by atoms with Gasteiger partial charge in [-0.3, -0.25) is 4.90 Å². The fourth-order valence-corrected chi connectivity index (χ4v) is 2.59. The van der Waals surface area contributed by atoms with Gasteiger partial charge in [0.1, 0.15) is 5.75 Å². The van der Waals surface area contributed by atoms with Crippen LogP contribution in [0.25, 0.3) is 0 Å². The second-order valence-corrected chi connectivity index (χ2v) is 5.75. The molecule has 0 spiro atoms. The van der Waals surface area contributed by atoms with Crippen LogP contribution in [0.1, 0.15) is 13.8 Å². The number of hydrogen-bond donors (Lipinski definition) is 1. The van der Waals surface area contributed by atoms with Gasteiger partial charge >= 0.3 is 0 Å². The molecule has 4 heteroatoms. The van der Waals surface area contributed by atoms with Crippen LogP contribution in [0, 0.1) is 0 Å². The second kappa shape index (κ2) is 5.80. The maximum absolute atomic E-state index is 9.86. The lowest BCUT2D eigenvalue weighted by molar-refractivity contribution is 0.0345. The van der Waals surface area contributed by atoms with Crippen molar-refractivity contribution in [2.75, 3.05) is 44.7 Å². The van der Waals surface area contributed by atoms with E-state index in [1.165, 1.54) is 0 Å². The highest BCUT2D eigenvalue weighted by atomic mass is 16.5. The summed E-state index contributed by atoms with van der Waals surface area (Å²) in [5.41, 5.74) is 0.542. The van der Waals surface area contributed by atoms with E-state index in [0.717, 1.165) is 44.2 Å². The lowest BCUT2D eigenvalue weighted by Gasteiger charge is -2.38. The van der Waals surface area contributed by atoms with Gasteiger partial charge in [-0.05, 0) is 26.0 Å². The first-order valence-electron chi connectivity index (χ1n) is 6.82. The third-order valence-electron chi connectivity index (χ3n) is 3.41. The zero-order valence-corrected chi connectivity index (χ0v) is 12.1. The molecular formula is C15H24N2O2. The van der Waals surface area contributed by atoms with Gasteiger partial charge in [0.15, 0.2) is 0 Å². The molecule has 1 aliphatic heterocycles. The summed E-state index contributed by atoms with van der Waals surface area (Å²) in [6.45, 7) is 8.34. The van der Waals surface area contributed by atoms with Crippen molar-refractivity contribution >= 4 is 5.69 Å². The van der Waals surface area contributed by atoms with Crippen molar-refractivity contribution in [3.8, 4) is 5.75 Å². The fourth-order valence-electron chi connectivity index (χ4n) is 2.59. The maximum atomic E-state index is 9.86.